The molecule has 172 valence electrons. The van der Waals surface area contributed by atoms with Crippen molar-refractivity contribution < 1.29 is 9.47 Å². The number of nitrogens with zero attached hydrogens (tertiary/aromatic N) is 2. The Morgan fingerprint density at radius 2 is 1.70 bits per heavy atom. The molecular weight excluding hydrogens is 408 g/mol. The van der Waals surface area contributed by atoms with Gasteiger partial charge in [-0.3, -0.25) is 0 Å². The highest BCUT2D eigenvalue weighted by atomic mass is 16.5. The maximum absolute atomic E-state index is 6.33. The van der Waals surface area contributed by atoms with Gasteiger partial charge >= 0.3 is 0 Å². The molecule has 4 heteroatoms. The Morgan fingerprint density at radius 3 is 2.39 bits per heavy atom. The van der Waals surface area contributed by atoms with E-state index in [1.54, 1.807) is 6.08 Å². The van der Waals surface area contributed by atoms with Crippen LogP contribution in [0.5, 0.6) is 11.5 Å². The molecule has 0 N–H and O–H groups in total. The van der Waals surface area contributed by atoms with Crippen molar-refractivity contribution in [3.63, 3.8) is 0 Å². The first-order valence-corrected chi connectivity index (χ1v) is 11.3. The van der Waals surface area contributed by atoms with E-state index in [0.29, 0.717) is 6.61 Å². The fourth-order valence-electron chi connectivity index (χ4n) is 3.56. The molecule has 3 rings (SSSR count). The molecule has 0 amide bonds. The minimum atomic E-state index is -0.621. The number of aliphatic imine (C=N–C) groups is 1. The van der Waals surface area contributed by atoms with Gasteiger partial charge in [-0.2, -0.15) is 0 Å². The zero-order chi connectivity index (χ0) is 23.8. The highest BCUT2D eigenvalue weighted by Crippen LogP contribution is 2.37. The second kappa shape index (κ2) is 11.0. The second-order valence-electron chi connectivity index (χ2n) is 8.35. The van der Waals surface area contributed by atoms with Crippen molar-refractivity contribution >= 4 is 12.0 Å². The summed E-state index contributed by atoms with van der Waals surface area (Å²) < 4.78 is 12.6. The van der Waals surface area contributed by atoms with Crippen LogP contribution in [0.4, 0.5) is 5.69 Å². The minimum absolute atomic E-state index is 0.448. The molecule has 0 bridgehead atoms. The zero-order valence-corrected chi connectivity index (χ0v) is 20.3. The second-order valence-corrected chi connectivity index (χ2v) is 8.35. The molecule has 0 fully saturated rings. The van der Waals surface area contributed by atoms with Crippen LogP contribution in [0.15, 0.2) is 84.4 Å². The van der Waals surface area contributed by atoms with E-state index in [-0.39, 0.29) is 0 Å². The van der Waals surface area contributed by atoms with Gasteiger partial charge in [0.1, 0.15) is 17.1 Å². The molecule has 0 radical (unpaired) electrons. The van der Waals surface area contributed by atoms with Crippen molar-refractivity contribution in [3.8, 4) is 11.5 Å². The molecule has 3 aromatic rings. The maximum Gasteiger partial charge on any atom is 0.130 e. The average molecular weight is 443 g/mol. The molecule has 0 spiro atoms. The first kappa shape index (κ1) is 24.3. The lowest BCUT2D eigenvalue weighted by Crippen LogP contribution is -2.27. The number of aryl methyl sites for hydroxylation is 2. The highest BCUT2D eigenvalue weighted by Gasteiger charge is 2.30. The first-order valence-electron chi connectivity index (χ1n) is 11.3. The summed E-state index contributed by atoms with van der Waals surface area (Å²) in [5.74, 6) is 1.59. The molecule has 0 heterocycles. The van der Waals surface area contributed by atoms with Crippen LogP contribution in [0.1, 0.15) is 36.1 Å². The molecule has 4 nitrogen and oxygen atoms in total. The summed E-state index contributed by atoms with van der Waals surface area (Å²) in [7, 11) is 2.01. The Kier molecular flexibility index (Phi) is 8.07. The lowest BCUT2D eigenvalue weighted by atomic mass is 9.87. The number of rotatable bonds is 10. The smallest absolute Gasteiger partial charge is 0.130 e. The van der Waals surface area contributed by atoms with E-state index in [1.807, 2.05) is 67.7 Å². The van der Waals surface area contributed by atoms with Gasteiger partial charge in [-0.05, 0) is 74.2 Å². The van der Waals surface area contributed by atoms with Crippen LogP contribution in [0.2, 0.25) is 0 Å². The monoisotopic (exact) mass is 442 g/mol. The Labute approximate surface area is 198 Å². The van der Waals surface area contributed by atoms with E-state index in [0.717, 1.165) is 46.0 Å². The fourth-order valence-corrected chi connectivity index (χ4v) is 3.56. The Balaban J connectivity index is 1.91. The van der Waals surface area contributed by atoms with Gasteiger partial charge in [0.15, 0.2) is 0 Å². The molecule has 0 aliphatic carbocycles. The Bertz CT molecular complexity index is 1110. The molecular formula is C29H34N2O2. The Morgan fingerprint density at radius 1 is 0.970 bits per heavy atom. The van der Waals surface area contributed by atoms with E-state index < -0.39 is 5.60 Å². The van der Waals surface area contributed by atoms with Crippen molar-refractivity contribution in [1.82, 2.24) is 4.90 Å². The van der Waals surface area contributed by atoms with Gasteiger partial charge < -0.3 is 14.4 Å². The van der Waals surface area contributed by atoms with Crippen molar-refractivity contribution in [2.45, 2.75) is 33.3 Å². The van der Waals surface area contributed by atoms with Crippen LogP contribution in [0, 0.1) is 13.8 Å². The van der Waals surface area contributed by atoms with Crippen LogP contribution < -0.4 is 4.74 Å². The summed E-state index contributed by atoms with van der Waals surface area (Å²) in [6.07, 6.45) is 3.63. The zero-order valence-electron chi connectivity index (χ0n) is 20.3. The number of benzene rings is 3. The predicted molar refractivity (Wildman–Crippen MR) is 138 cm³/mol. The molecule has 1 atom stereocenters. The standard InChI is InChI=1S/C29H34N2O2/c1-7-17-32-29(5,24-13-10-9-11-14-24)25-15-12-16-26(20-25)33-28-19-22(3)27(18-23(28)4)30-21-31(6)8-2/h7,9-16,18-21H,1,8,17H2,2-6H3. The van der Waals surface area contributed by atoms with E-state index in [9.17, 15) is 0 Å². The van der Waals surface area contributed by atoms with Crippen molar-refractivity contribution in [2.24, 2.45) is 4.99 Å². The fraction of sp³-hybridized carbons (Fsp3) is 0.276. The highest BCUT2D eigenvalue weighted by molar-refractivity contribution is 5.64. The quantitative estimate of drug-likeness (QED) is 0.190. The van der Waals surface area contributed by atoms with Gasteiger partial charge in [-0.15, -0.1) is 6.58 Å². The van der Waals surface area contributed by atoms with Crippen LogP contribution in [0.25, 0.3) is 0 Å². The summed E-state index contributed by atoms with van der Waals surface area (Å²) in [5.41, 5.74) is 4.52. The molecule has 33 heavy (non-hydrogen) atoms. The molecule has 0 aliphatic rings. The number of hydrogen-bond acceptors (Lipinski definition) is 3. The first-order chi connectivity index (χ1) is 15.9. The van der Waals surface area contributed by atoms with E-state index in [4.69, 9.17) is 9.47 Å². The van der Waals surface area contributed by atoms with Gasteiger partial charge in [-0.1, -0.05) is 48.5 Å². The third-order valence-electron chi connectivity index (χ3n) is 5.81. The van der Waals surface area contributed by atoms with Crippen LogP contribution >= 0.6 is 0 Å². The average Bonchev–Trinajstić information content (AvgIpc) is 2.84. The molecule has 3 aromatic carbocycles. The lowest BCUT2D eigenvalue weighted by Gasteiger charge is -2.31. The largest absolute Gasteiger partial charge is 0.457 e. The van der Waals surface area contributed by atoms with Gasteiger partial charge in [0.25, 0.3) is 0 Å². The topological polar surface area (TPSA) is 34.1 Å². The van der Waals surface area contributed by atoms with Crippen LogP contribution in [-0.4, -0.2) is 31.4 Å². The Hall–Kier alpha value is -3.37. The summed E-state index contributed by atoms with van der Waals surface area (Å²) in [4.78, 5) is 6.66. The molecule has 1 unspecified atom stereocenters. The number of hydrogen-bond donors (Lipinski definition) is 0. The summed E-state index contributed by atoms with van der Waals surface area (Å²) in [6.45, 7) is 13.5. The molecule has 0 aliphatic heterocycles. The number of ether oxygens (including phenoxy) is 2. The van der Waals surface area contributed by atoms with Gasteiger partial charge in [0.2, 0.25) is 0 Å². The molecule has 0 aromatic heterocycles. The maximum atomic E-state index is 6.33. The van der Waals surface area contributed by atoms with E-state index in [1.165, 1.54) is 0 Å². The summed E-state index contributed by atoms with van der Waals surface area (Å²) in [5, 5.41) is 0. The van der Waals surface area contributed by atoms with Crippen molar-refractivity contribution in [1.29, 1.82) is 0 Å². The SMILES string of the molecule is C=CCOC(C)(c1ccccc1)c1cccc(Oc2cc(C)c(N=CN(C)CC)cc2C)c1. The van der Waals surface area contributed by atoms with Gasteiger partial charge in [0, 0.05) is 13.6 Å². The van der Waals surface area contributed by atoms with Gasteiger partial charge in [0.05, 0.1) is 18.6 Å². The van der Waals surface area contributed by atoms with E-state index >= 15 is 0 Å². The predicted octanol–water partition coefficient (Wildman–Crippen LogP) is 7.17. The minimum Gasteiger partial charge on any atom is -0.457 e. The summed E-state index contributed by atoms with van der Waals surface area (Å²) >= 11 is 0. The lowest BCUT2D eigenvalue weighted by molar-refractivity contribution is 0.0139. The third-order valence-corrected chi connectivity index (χ3v) is 5.81. The molecule has 0 saturated heterocycles. The van der Waals surface area contributed by atoms with Crippen LogP contribution in [0.3, 0.4) is 0 Å². The summed E-state index contributed by atoms with van der Waals surface area (Å²) in [6, 6.07) is 22.4. The van der Waals surface area contributed by atoms with Crippen molar-refractivity contribution in [2.75, 3.05) is 20.2 Å². The third kappa shape index (κ3) is 5.91. The van der Waals surface area contributed by atoms with Crippen LogP contribution in [-0.2, 0) is 10.3 Å². The normalized spacial score (nSPS) is 13.0. The van der Waals surface area contributed by atoms with Crippen molar-refractivity contribution in [3.05, 3.63) is 102 Å². The molecule has 0 saturated carbocycles. The van der Waals surface area contributed by atoms with E-state index in [2.05, 4.69) is 56.6 Å². The van der Waals surface area contributed by atoms with Gasteiger partial charge in [-0.25, -0.2) is 4.99 Å².